The molecule has 0 spiro atoms. The monoisotopic (exact) mass is 554 g/mol. The topological polar surface area (TPSA) is 73.0 Å². The molecule has 1 aliphatic heterocycles. The molecule has 3 aromatic carbocycles. The van der Waals surface area contributed by atoms with Crippen LogP contribution in [-0.2, 0) is 5.60 Å². The van der Waals surface area contributed by atoms with Crippen LogP contribution in [0.2, 0.25) is 10.0 Å². The fourth-order valence-corrected chi connectivity index (χ4v) is 5.61. The van der Waals surface area contributed by atoms with Crippen molar-refractivity contribution in [2.45, 2.75) is 32.4 Å². The Kier molecular flexibility index (Phi) is 8.89. The number of β-amino-alcohol motifs (C(OH)–C–C–N with tert-alkyl or cyclic N) is 1. The number of hydrogen-bond acceptors (Lipinski definition) is 5. The summed E-state index contributed by atoms with van der Waals surface area (Å²) in [5.74, 6) is 0.00412. The third-order valence-electron chi connectivity index (χ3n) is 7.34. The van der Waals surface area contributed by atoms with Gasteiger partial charge in [0.25, 0.3) is 5.91 Å². The molecular formula is C30H36Cl2N4O2. The maximum atomic E-state index is 12.7. The van der Waals surface area contributed by atoms with Crippen LogP contribution in [-0.4, -0.2) is 60.1 Å². The number of piperazine rings is 1. The number of halogens is 2. The van der Waals surface area contributed by atoms with Gasteiger partial charge >= 0.3 is 0 Å². The molecule has 0 radical (unpaired) electrons. The molecule has 0 bridgehead atoms. The molecule has 8 heteroatoms. The van der Waals surface area contributed by atoms with Crippen LogP contribution in [0.15, 0.2) is 66.7 Å². The second kappa shape index (κ2) is 12.0. The first-order valence-corrected chi connectivity index (χ1v) is 13.8. The van der Waals surface area contributed by atoms with Crippen molar-refractivity contribution in [3.8, 4) is 0 Å². The van der Waals surface area contributed by atoms with E-state index in [-0.39, 0.29) is 11.9 Å². The number of rotatable bonds is 8. The van der Waals surface area contributed by atoms with E-state index in [4.69, 9.17) is 28.9 Å². The van der Waals surface area contributed by atoms with Crippen molar-refractivity contribution in [3.63, 3.8) is 0 Å². The van der Waals surface area contributed by atoms with E-state index >= 15 is 0 Å². The van der Waals surface area contributed by atoms with Crippen LogP contribution in [0.25, 0.3) is 0 Å². The Morgan fingerprint density at radius 1 is 1.03 bits per heavy atom. The van der Waals surface area contributed by atoms with Crippen LogP contribution in [0, 0.1) is 0 Å². The van der Waals surface area contributed by atoms with Gasteiger partial charge in [-0.1, -0.05) is 47.5 Å². The van der Waals surface area contributed by atoms with Gasteiger partial charge in [0.2, 0.25) is 0 Å². The lowest BCUT2D eigenvalue weighted by Gasteiger charge is -2.45. The number of amides is 1. The van der Waals surface area contributed by atoms with Crippen LogP contribution in [0.4, 0.5) is 11.4 Å². The summed E-state index contributed by atoms with van der Waals surface area (Å²) in [4.78, 5) is 19.1. The Morgan fingerprint density at radius 2 is 1.68 bits per heavy atom. The summed E-state index contributed by atoms with van der Waals surface area (Å²) in [5, 5.41) is 12.8. The van der Waals surface area contributed by atoms with Gasteiger partial charge in [0, 0.05) is 55.5 Å². The zero-order chi connectivity index (χ0) is 27.4. The van der Waals surface area contributed by atoms with Crippen molar-refractivity contribution in [2.24, 2.45) is 0 Å². The lowest BCUT2D eigenvalue weighted by molar-refractivity contribution is 0.0103. The van der Waals surface area contributed by atoms with Crippen molar-refractivity contribution in [1.82, 2.24) is 9.80 Å². The summed E-state index contributed by atoms with van der Waals surface area (Å²) in [6.45, 7) is 9.71. The van der Waals surface area contributed by atoms with Gasteiger partial charge in [-0.2, -0.15) is 0 Å². The average Bonchev–Trinajstić information content (AvgIpc) is 2.90. The molecule has 0 aromatic heterocycles. The number of carbonyl (C=O) groups is 1. The van der Waals surface area contributed by atoms with Crippen molar-refractivity contribution in [1.29, 1.82) is 0 Å². The molecule has 1 heterocycles. The smallest absolute Gasteiger partial charge is 0.253 e. The van der Waals surface area contributed by atoms with Crippen LogP contribution in [0.1, 0.15) is 48.3 Å². The van der Waals surface area contributed by atoms with E-state index in [2.05, 4.69) is 9.80 Å². The number of anilines is 2. The minimum absolute atomic E-state index is 0.00412. The summed E-state index contributed by atoms with van der Waals surface area (Å²) in [6, 6.07) is 20.8. The Morgan fingerprint density at radius 3 is 2.29 bits per heavy atom. The second-order valence-electron chi connectivity index (χ2n) is 10.0. The quantitative estimate of drug-likeness (QED) is 0.343. The fourth-order valence-electron chi connectivity index (χ4n) is 5.19. The van der Waals surface area contributed by atoms with E-state index in [1.165, 1.54) is 0 Å². The number of nitrogens with two attached hydrogens (primary N) is 1. The molecule has 1 fully saturated rings. The first-order valence-electron chi connectivity index (χ1n) is 13.0. The number of benzene rings is 3. The number of hydrogen-bond donors (Lipinski definition) is 2. The van der Waals surface area contributed by atoms with Gasteiger partial charge in [0.05, 0.1) is 22.4 Å². The van der Waals surface area contributed by atoms with E-state index in [0.29, 0.717) is 47.5 Å². The molecule has 2 atom stereocenters. The van der Waals surface area contributed by atoms with Crippen LogP contribution >= 0.6 is 23.2 Å². The van der Waals surface area contributed by atoms with E-state index < -0.39 is 5.60 Å². The van der Waals surface area contributed by atoms with Crippen LogP contribution < -0.4 is 10.6 Å². The number of aliphatic hydroxyl groups is 1. The summed E-state index contributed by atoms with van der Waals surface area (Å²) < 4.78 is 0. The van der Waals surface area contributed by atoms with Gasteiger partial charge in [-0.3, -0.25) is 9.69 Å². The Labute approximate surface area is 235 Å². The van der Waals surface area contributed by atoms with Gasteiger partial charge in [-0.15, -0.1) is 0 Å². The first kappa shape index (κ1) is 28.2. The Hall–Kier alpha value is -2.77. The van der Waals surface area contributed by atoms with Gasteiger partial charge < -0.3 is 20.6 Å². The molecule has 4 rings (SSSR count). The normalized spacial score (nSPS) is 17.7. The highest BCUT2D eigenvalue weighted by Gasteiger charge is 2.34. The van der Waals surface area contributed by atoms with Gasteiger partial charge in [0.15, 0.2) is 0 Å². The highest BCUT2D eigenvalue weighted by atomic mass is 35.5. The molecule has 3 N–H and O–H groups in total. The van der Waals surface area contributed by atoms with Crippen molar-refractivity contribution >= 4 is 40.5 Å². The standard InChI is InChI=1S/C30H36Cl2N4O2/c1-4-35(5-2)29(37)22-6-10-23(11-7-22)30(3,38)20-34-16-17-36(27-15-14-25(33)18-26(27)32)28(19-34)21-8-12-24(31)13-9-21/h6-15,18,28,38H,4-5,16-17,19-20,33H2,1-3H3/t28-,30+/m0/s1. The molecule has 202 valence electrons. The highest BCUT2D eigenvalue weighted by molar-refractivity contribution is 6.33. The molecule has 6 nitrogen and oxygen atoms in total. The zero-order valence-corrected chi connectivity index (χ0v) is 23.7. The Balaban J connectivity index is 1.54. The van der Waals surface area contributed by atoms with E-state index in [0.717, 1.165) is 29.9 Å². The third-order valence-corrected chi connectivity index (χ3v) is 7.89. The lowest BCUT2D eigenvalue weighted by atomic mass is 9.93. The summed E-state index contributed by atoms with van der Waals surface area (Å²) >= 11 is 12.8. The summed E-state index contributed by atoms with van der Waals surface area (Å²) in [6.07, 6.45) is 0. The third kappa shape index (κ3) is 6.26. The maximum absolute atomic E-state index is 12.7. The highest BCUT2D eigenvalue weighted by Crippen LogP contribution is 2.37. The second-order valence-corrected chi connectivity index (χ2v) is 10.9. The van der Waals surface area contributed by atoms with Gasteiger partial charge in [-0.25, -0.2) is 0 Å². The van der Waals surface area contributed by atoms with Crippen LogP contribution in [0.3, 0.4) is 0 Å². The minimum atomic E-state index is -1.09. The SMILES string of the molecule is CCN(CC)C(=O)c1ccc([C@](C)(O)CN2CCN(c3ccc(N)cc3Cl)[C@H](c3ccc(Cl)cc3)C2)cc1. The van der Waals surface area contributed by atoms with E-state index in [9.17, 15) is 9.90 Å². The largest absolute Gasteiger partial charge is 0.399 e. The van der Waals surface area contributed by atoms with Crippen LogP contribution in [0.5, 0.6) is 0 Å². The predicted molar refractivity (Wildman–Crippen MR) is 157 cm³/mol. The molecule has 1 aliphatic rings. The molecule has 1 amide bonds. The molecule has 3 aromatic rings. The molecule has 0 saturated carbocycles. The fraction of sp³-hybridized carbons (Fsp3) is 0.367. The maximum Gasteiger partial charge on any atom is 0.253 e. The minimum Gasteiger partial charge on any atom is -0.399 e. The van der Waals surface area contributed by atoms with Crippen molar-refractivity contribution in [2.75, 3.05) is 49.9 Å². The molecule has 38 heavy (non-hydrogen) atoms. The molecule has 0 unspecified atom stereocenters. The van der Waals surface area contributed by atoms with Crippen molar-refractivity contribution in [3.05, 3.63) is 93.5 Å². The lowest BCUT2D eigenvalue weighted by Crippen LogP contribution is -2.52. The number of nitrogens with zero attached hydrogens (tertiary/aromatic N) is 3. The van der Waals surface area contributed by atoms with E-state index in [1.54, 1.807) is 11.0 Å². The van der Waals surface area contributed by atoms with Gasteiger partial charge in [0.1, 0.15) is 0 Å². The molecule has 0 aliphatic carbocycles. The molecule has 1 saturated heterocycles. The summed E-state index contributed by atoms with van der Waals surface area (Å²) in [7, 11) is 0. The first-order chi connectivity index (χ1) is 18.1. The summed E-state index contributed by atoms with van der Waals surface area (Å²) in [5.41, 5.74) is 8.93. The predicted octanol–water partition coefficient (Wildman–Crippen LogP) is 5.83. The average molecular weight is 556 g/mol. The number of carbonyl (C=O) groups excluding carboxylic acids is 1. The Bertz CT molecular complexity index is 1240. The van der Waals surface area contributed by atoms with Crippen molar-refractivity contribution < 1.29 is 9.90 Å². The van der Waals surface area contributed by atoms with E-state index in [1.807, 2.05) is 81.4 Å². The number of nitrogen functional groups attached to an aromatic ring is 1. The zero-order valence-electron chi connectivity index (χ0n) is 22.2. The van der Waals surface area contributed by atoms with Gasteiger partial charge in [-0.05, 0) is 74.4 Å². The molecular weight excluding hydrogens is 519 g/mol.